The summed E-state index contributed by atoms with van der Waals surface area (Å²) in [5.41, 5.74) is 2.06. The molecule has 162 valence electrons. The standard InChI is InChI=1S/C24H28N4O3/c1-3-18(4-2)27-24(30)22-16-28(20-7-5-6-8-21(20)31-22)14-13-23(29)26-19-11-9-17(15-25)10-12-19/h5-12,18,22H,3-4,13-14,16H2,1-2H3,(H,26,29)(H,27,30). The van der Waals surface area contributed by atoms with Crippen LogP contribution < -0.4 is 20.3 Å². The molecular weight excluding hydrogens is 392 g/mol. The summed E-state index contributed by atoms with van der Waals surface area (Å²) < 4.78 is 5.96. The van der Waals surface area contributed by atoms with E-state index in [0.29, 0.717) is 30.1 Å². The molecule has 1 aliphatic rings. The summed E-state index contributed by atoms with van der Waals surface area (Å²) >= 11 is 0. The molecule has 2 N–H and O–H groups in total. The second kappa shape index (κ2) is 10.5. The average Bonchev–Trinajstić information content (AvgIpc) is 2.81. The highest BCUT2D eigenvalue weighted by molar-refractivity contribution is 5.91. The zero-order valence-corrected chi connectivity index (χ0v) is 17.9. The van der Waals surface area contributed by atoms with Crippen LogP contribution in [0.4, 0.5) is 11.4 Å². The van der Waals surface area contributed by atoms with E-state index < -0.39 is 6.10 Å². The zero-order chi connectivity index (χ0) is 22.2. The van der Waals surface area contributed by atoms with Gasteiger partial charge in [0.15, 0.2) is 6.10 Å². The molecule has 2 aromatic carbocycles. The Kier molecular flexibility index (Phi) is 7.50. The van der Waals surface area contributed by atoms with E-state index in [1.165, 1.54) is 0 Å². The molecule has 2 aromatic rings. The molecule has 2 amide bonds. The Morgan fingerprint density at radius 2 is 1.87 bits per heavy atom. The van der Waals surface area contributed by atoms with Crippen molar-refractivity contribution in [3.63, 3.8) is 0 Å². The normalized spacial score (nSPS) is 14.9. The van der Waals surface area contributed by atoms with Crippen molar-refractivity contribution in [1.82, 2.24) is 5.32 Å². The van der Waals surface area contributed by atoms with Gasteiger partial charge in [-0.05, 0) is 49.2 Å². The molecule has 7 nitrogen and oxygen atoms in total. The SMILES string of the molecule is CCC(CC)NC(=O)C1CN(CCC(=O)Nc2ccc(C#N)cc2)c2ccccc2O1. The van der Waals surface area contributed by atoms with Crippen molar-refractivity contribution in [2.45, 2.75) is 45.3 Å². The number of hydrogen-bond donors (Lipinski definition) is 2. The van der Waals surface area contributed by atoms with Crippen LogP contribution in [-0.4, -0.2) is 37.0 Å². The number of nitrogens with one attached hydrogen (secondary N) is 2. The van der Waals surface area contributed by atoms with Crippen molar-refractivity contribution >= 4 is 23.2 Å². The highest BCUT2D eigenvalue weighted by atomic mass is 16.5. The predicted octanol–water partition coefficient (Wildman–Crippen LogP) is 3.46. The Hall–Kier alpha value is -3.53. The van der Waals surface area contributed by atoms with Gasteiger partial charge in [-0.2, -0.15) is 5.26 Å². The topological polar surface area (TPSA) is 94.5 Å². The van der Waals surface area contributed by atoms with Crippen LogP contribution in [0.25, 0.3) is 0 Å². The van der Waals surface area contributed by atoms with Crippen LogP contribution in [0.2, 0.25) is 0 Å². The van der Waals surface area contributed by atoms with E-state index >= 15 is 0 Å². The second-order valence-electron chi connectivity index (χ2n) is 7.53. The Morgan fingerprint density at radius 1 is 1.16 bits per heavy atom. The molecule has 3 rings (SSSR count). The minimum Gasteiger partial charge on any atom is -0.477 e. The molecule has 7 heteroatoms. The highest BCUT2D eigenvalue weighted by Crippen LogP contribution is 2.33. The van der Waals surface area contributed by atoms with Crippen LogP contribution in [-0.2, 0) is 9.59 Å². The van der Waals surface area contributed by atoms with Crippen molar-refractivity contribution in [2.75, 3.05) is 23.3 Å². The van der Waals surface area contributed by atoms with E-state index in [4.69, 9.17) is 10.00 Å². The molecule has 0 aromatic heterocycles. The first kappa shape index (κ1) is 22.2. The molecule has 0 saturated heterocycles. The number of hydrogen-bond acceptors (Lipinski definition) is 5. The fourth-order valence-electron chi connectivity index (χ4n) is 3.53. The molecule has 0 spiro atoms. The van der Waals surface area contributed by atoms with E-state index in [0.717, 1.165) is 18.5 Å². The lowest BCUT2D eigenvalue weighted by Crippen LogP contribution is -2.51. The number of fused-ring (bicyclic) bond motifs is 1. The minimum atomic E-state index is -0.628. The number of rotatable bonds is 8. The molecule has 1 aliphatic heterocycles. The summed E-state index contributed by atoms with van der Waals surface area (Å²) in [5.74, 6) is 0.382. The number of amides is 2. The van der Waals surface area contributed by atoms with Gasteiger partial charge in [-0.25, -0.2) is 0 Å². The zero-order valence-electron chi connectivity index (χ0n) is 17.9. The number of benzene rings is 2. The summed E-state index contributed by atoms with van der Waals surface area (Å²) in [4.78, 5) is 27.2. The van der Waals surface area contributed by atoms with Crippen molar-refractivity contribution in [3.8, 4) is 11.8 Å². The third kappa shape index (κ3) is 5.76. The lowest BCUT2D eigenvalue weighted by Gasteiger charge is -2.36. The Balaban J connectivity index is 1.64. The first-order chi connectivity index (χ1) is 15.0. The van der Waals surface area contributed by atoms with Crippen molar-refractivity contribution in [1.29, 1.82) is 5.26 Å². The Labute approximate surface area is 183 Å². The number of anilines is 2. The molecule has 1 atom stereocenters. The predicted molar refractivity (Wildman–Crippen MR) is 120 cm³/mol. The fraction of sp³-hybridized carbons (Fsp3) is 0.375. The molecule has 0 aliphatic carbocycles. The lowest BCUT2D eigenvalue weighted by atomic mass is 10.1. The second-order valence-corrected chi connectivity index (χ2v) is 7.53. The number of carbonyl (C=O) groups excluding carboxylic acids is 2. The molecule has 0 saturated carbocycles. The monoisotopic (exact) mass is 420 g/mol. The number of nitriles is 1. The molecule has 0 radical (unpaired) electrons. The molecule has 1 unspecified atom stereocenters. The van der Waals surface area contributed by atoms with Gasteiger partial charge >= 0.3 is 0 Å². The van der Waals surface area contributed by atoms with Crippen molar-refractivity contribution in [2.24, 2.45) is 0 Å². The minimum absolute atomic E-state index is 0.125. The summed E-state index contributed by atoms with van der Waals surface area (Å²) in [5, 5.41) is 14.8. The average molecular weight is 421 g/mol. The van der Waals surface area contributed by atoms with E-state index in [-0.39, 0.29) is 24.3 Å². The van der Waals surface area contributed by atoms with Gasteiger partial charge in [0.1, 0.15) is 5.75 Å². The fourth-order valence-corrected chi connectivity index (χ4v) is 3.53. The first-order valence-electron chi connectivity index (χ1n) is 10.6. The largest absolute Gasteiger partial charge is 0.477 e. The maximum absolute atomic E-state index is 12.7. The molecule has 0 bridgehead atoms. The Bertz CT molecular complexity index is 948. The van der Waals surface area contributed by atoms with Crippen LogP contribution >= 0.6 is 0 Å². The molecule has 1 heterocycles. The maximum Gasteiger partial charge on any atom is 0.263 e. The van der Waals surface area contributed by atoms with E-state index in [9.17, 15) is 9.59 Å². The van der Waals surface area contributed by atoms with E-state index in [1.807, 2.05) is 43.0 Å². The van der Waals surface area contributed by atoms with Crippen LogP contribution in [0.5, 0.6) is 5.75 Å². The van der Waals surface area contributed by atoms with Gasteiger partial charge in [-0.15, -0.1) is 0 Å². The summed E-state index contributed by atoms with van der Waals surface area (Å²) in [6.45, 7) is 4.93. The summed E-state index contributed by atoms with van der Waals surface area (Å²) in [7, 11) is 0. The molecule has 0 fully saturated rings. The van der Waals surface area contributed by atoms with Gasteiger partial charge in [-0.1, -0.05) is 26.0 Å². The highest BCUT2D eigenvalue weighted by Gasteiger charge is 2.31. The van der Waals surface area contributed by atoms with Crippen LogP contribution in [0.1, 0.15) is 38.7 Å². The number of nitrogens with zero attached hydrogens (tertiary/aromatic N) is 2. The third-order valence-electron chi connectivity index (χ3n) is 5.39. The van der Waals surface area contributed by atoms with E-state index in [2.05, 4.69) is 16.7 Å². The van der Waals surface area contributed by atoms with Gasteiger partial charge in [0.05, 0.1) is 23.9 Å². The van der Waals surface area contributed by atoms with Gasteiger partial charge in [0, 0.05) is 24.7 Å². The smallest absolute Gasteiger partial charge is 0.263 e. The van der Waals surface area contributed by atoms with Crippen molar-refractivity contribution < 1.29 is 14.3 Å². The quantitative estimate of drug-likeness (QED) is 0.682. The van der Waals surface area contributed by atoms with E-state index in [1.54, 1.807) is 24.3 Å². The third-order valence-corrected chi connectivity index (χ3v) is 5.39. The first-order valence-corrected chi connectivity index (χ1v) is 10.6. The summed E-state index contributed by atoms with van der Waals surface area (Å²) in [6, 6.07) is 16.5. The van der Waals surface area contributed by atoms with Gasteiger partial charge in [0.25, 0.3) is 5.91 Å². The lowest BCUT2D eigenvalue weighted by molar-refractivity contribution is -0.128. The van der Waals surface area contributed by atoms with Gasteiger partial charge in [-0.3, -0.25) is 9.59 Å². The summed E-state index contributed by atoms with van der Waals surface area (Å²) in [6.07, 6.45) is 1.36. The molecular formula is C24H28N4O3. The van der Waals surface area contributed by atoms with Crippen LogP contribution in [0.3, 0.4) is 0 Å². The maximum atomic E-state index is 12.7. The number of ether oxygens (including phenoxy) is 1. The van der Waals surface area contributed by atoms with Gasteiger partial charge in [0.2, 0.25) is 5.91 Å². The van der Waals surface area contributed by atoms with Crippen LogP contribution in [0, 0.1) is 11.3 Å². The van der Waals surface area contributed by atoms with Crippen molar-refractivity contribution in [3.05, 3.63) is 54.1 Å². The van der Waals surface area contributed by atoms with Gasteiger partial charge < -0.3 is 20.3 Å². The Morgan fingerprint density at radius 3 is 2.55 bits per heavy atom. The number of para-hydroxylation sites is 2. The number of carbonyl (C=O) groups is 2. The molecule has 31 heavy (non-hydrogen) atoms. The van der Waals surface area contributed by atoms with Crippen LogP contribution in [0.15, 0.2) is 48.5 Å².